The van der Waals surface area contributed by atoms with Crippen LogP contribution >= 0.6 is 0 Å². The van der Waals surface area contributed by atoms with Crippen molar-refractivity contribution >= 4 is 0 Å². The summed E-state index contributed by atoms with van der Waals surface area (Å²) in [7, 11) is 2.25. The highest BCUT2D eigenvalue weighted by Crippen LogP contribution is 2.15. The summed E-state index contributed by atoms with van der Waals surface area (Å²) < 4.78 is 0. The van der Waals surface area contributed by atoms with Gasteiger partial charge >= 0.3 is 0 Å². The Balaban J connectivity index is 1.78. The van der Waals surface area contributed by atoms with Crippen LogP contribution in [0.5, 0.6) is 0 Å². The first-order valence-corrected chi connectivity index (χ1v) is 7.75. The zero-order chi connectivity index (χ0) is 13.5. The summed E-state index contributed by atoms with van der Waals surface area (Å²) >= 11 is 0. The second kappa shape index (κ2) is 7.66. The third-order valence-corrected chi connectivity index (χ3v) is 4.04. The van der Waals surface area contributed by atoms with Gasteiger partial charge in [0.2, 0.25) is 0 Å². The molecule has 1 heterocycles. The summed E-state index contributed by atoms with van der Waals surface area (Å²) in [5, 5.41) is 3.44. The van der Waals surface area contributed by atoms with Crippen LogP contribution in [0.15, 0.2) is 24.3 Å². The number of hydrogen-bond donors (Lipinski definition) is 1. The largest absolute Gasteiger partial charge is 0.317 e. The molecule has 1 fully saturated rings. The van der Waals surface area contributed by atoms with E-state index in [9.17, 15) is 0 Å². The van der Waals surface area contributed by atoms with Gasteiger partial charge in [-0.1, -0.05) is 37.6 Å². The first kappa shape index (κ1) is 14.5. The van der Waals surface area contributed by atoms with Gasteiger partial charge in [0.1, 0.15) is 0 Å². The van der Waals surface area contributed by atoms with Crippen molar-refractivity contribution < 1.29 is 0 Å². The van der Waals surface area contributed by atoms with Crippen LogP contribution in [-0.4, -0.2) is 31.6 Å². The lowest BCUT2D eigenvalue weighted by Crippen LogP contribution is -2.34. The lowest BCUT2D eigenvalue weighted by Gasteiger charge is -2.27. The van der Waals surface area contributed by atoms with Gasteiger partial charge in [0.05, 0.1) is 0 Å². The normalized spacial score (nSPS) is 17.0. The molecule has 1 N–H and O–H groups in total. The maximum Gasteiger partial charge on any atom is 0.0230 e. The summed E-state index contributed by atoms with van der Waals surface area (Å²) in [6, 6.07) is 9.17. The third-order valence-electron chi connectivity index (χ3n) is 4.04. The first-order valence-electron chi connectivity index (χ1n) is 7.75. The minimum absolute atomic E-state index is 0.880. The van der Waals surface area contributed by atoms with Gasteiger partial charge in [-0.15, -0.1) is 0 Å². The molecule has 1 aliphatic rings. The minimum Gasteiger partial charge on any atom is -0.317 e. The standard InChI is InChI=1S/C17H28N2/c1-3-4-15-5-7-16(8-6-15)13-19(2)14-17-9-11-18-12-10-17/h5-8,17-18H,3-4,9-14H2,1-2H3. The molecule has 0 spiro atoms. The van der Waals surface area contributed by atoms with Gasteiger partial charge < -0.3 is 10.2 Å². The zero-order valence-electron chi connectivity index (χ0n) is 12.5. The molecule has 0 amide bonds. The molecule has 2 rings (SSSR count). The van der Waals surface area contributed by atoms with Crippen molar-refractivity contribution in [1.82, 2.24) is 10.2 Å². The van der Waals surface area contributed by atoms with Crippen LogP contribution in [0, 0.1) is 5.92 Å². The molecular weight excluding hydrogens is 232 g/mol. The lowest BCUT2D eigenvalue weighted by molar-refractivity contribution is 0.234. The fourth-order valence-electron chi connectivity index (χ4n) is 2.98. The van der Waals surface area contributed by atoms with Crippen molar-refractivity contribution in [3.63, 3.8) is 0 Å². The summed E-state index contributed by atoms with van der Waals surface area (Å²) in [6.45, 7) is 6.95. The summed E-state index contributed by atoms with van der Waals surface area (Å²) in [5.74, 6) is 0.880. The summed E-state index contributed by atoms with van der Waals surface area (Å²) in [4.78, 5) is 2.48. The lowest BCUT2D eigenvalue weighted by atomic mass is 9.97. The van der Waals surface area contributed by atoms with Crippen LogP contribution in [0.1, 0.15) is 37.3 Å². The number of benzene rings is 1. The minimum atomic E-state index is 0.880. The van der Waals surface area contributed by atoms with Crippen molar-refractivity contribution in [2.45, 2.75) is 39.2 Å². The van der Waals surface area contributed by atoms with Crippen LogP contribution < -0.4 is 5.32 Å². The first-order chi connectivity index (χ1) is 9.28. The molecule has 2 nitrogen and oxygen atoms in total. The maximum absolute atomic E-state index is 3.44. The van der Waals surface area contributed by atoms with E-state index in [1.54, 1.807) is 0 Å². The molecule has 0 aromatic heterocycles. The molecule has 0 bridgehead atoms. The maximum atomic E-state index is 3.44. The van der Waals surface area contributed by atoms with Crippen LogP contribution in [0.3, 0.4) is 0 Å². The van der Waals surface area contributed by atoms with E-state index in [2.05, 4.69) is 48.5 Å². The monoisotopic (exact) mass is 260 g/mol. The fourth-order valence-corrected chi connectivity index (χ4v) is 2.98. The Morgan fingerprint density at radius 3 is 2.37 bits per heavy atom. The molecule has 0 saturated carbocycles. The molecule has 0 radical (unpaired) electrons. The topological polar surface area (TPSA) is 15.3 Å². The highest BCUT2D eigenvalue weighted by Gasteiger charge is 2.14. The van der Waals surface area contributed by atoms with Crippen LogP contribution in [0.25, 0.3) is 0 Å². The van der Waals surface area contributed by atoms with E-state index in [0.29, 0.717) is 0 Å². The number of aryl methyl sites for hydroxylation is 1. The average Bonchev–Trinajstić information content (AvgIpc) is 2.42. The van der Waals surface area contributed by atoms with E-state index in [1.807, 2.05) is 0 Å². The fraction of sp³-hybridized carbons (Fsp3) is 0.647. The SMILES string of the molecule is CCCc1ccc(CN(C)CC2CCNCC2)cc1. The molecule has 1 saturated heterocycles. The average molecular weight is 260 g/mol. The van der Waals surface area contributed by atoms with Crippen LogP contribution in [-0.2, 0) is 13.0 Å². The number of nitrogens with one attached hydrogen (secondary N) is 1. The molecule has 106 valence electrons. The van der Waals surface area contributed by atoms with Crippen LogP contribution in [0.2, 0.25) is 0 Å². The molecule has 2 heteroatoms. The van der Waals surface area contributed by atoms with Crippen molar-refractivity contribution in [3.05, 3.63) is 35.4 Å². The van der Waals surface area contributed by atoms with Crippen molar-refractivity contribution in [2.75, 3.05) is 26.7 Å². The predicted molar refractivity (Wildman–Crippen MR) is 82.4 cm³/mol. The third kappa shape index (κ3) is 4.96. The molecule has 0 unspecified atom stereocenters. The zero-order valence-corrected chi connectivity index (χ0v) is 12.5. The van der Waals surface area contributed by atoms with E-state index in [4.69, 9.17) is 0 Å². The molecule has 1 aromatic carbocycles. The van der Waals surface area contributed by atoms with E-state index in [-0.39, 0.29) is 0 Å². The molecule has 0 atom stereocenters. The summed E-state index contributed by atoms with van der Waals surface area (Å²) in [6.07, 6.45) is 5.10. The second-order valence-corrected chi connectivity index (χ2v) is 5.96. The molecular formula is C17H28N2. The Labute approximate surface area is 118 Å². The Morgan fingerprint density at radius 1 is 1.11 bits per heavy atom. The van der Waals surface area contributed by atoms with Crippen LogP contribution in [0.4, 0.5) is 0 Å². The number of piperidine rings is 1. The molecule has 1 aromatic rings. The van der Waals surface area contributed by atoms with E-state index < -0.39 is 0 Å². The summed E-state index contributed by atoms with van der Waals surface area (Å²) in [5.41, 5.74) is 2.91. The second-order valence-electron chi connectivity index (χ2n) is 5.96. The van der Waals surface area contributed by atoms with E-state index >= 15 is 0 Å². The highest BCUT2D eigenvalue weighted by atomic mass is 15.1. The Bertz CT molecular complexity index is 352. The molecule has 1 aliphatic heterocycles. The van der Waals surface area contributed by atoms with Crippen molar-refractivity contribution in [1.29, 1.82) is 0 Å². The van der Waals surface area contributed by atoms with Gasteiger partial charge in [0, 0.05) is 13.1 Å². The number of hydrogen-bond acceptors (Lipinski definition) is 2. The van der Waals surface area contributed by atoms with Crippen molar-refractivity contribution in [3.8, 4) is 0 Å². The van der Waals surface area contributed by atoms with E-state index in [1.165, 1.54) is 56.4 Å². The molecule has 0 aliphatic carbocycles. The van der Waals surface area contributed by atoms with E-state index in [0.717, 1.165) is 12.5 Å². The van der Waals surface area contributed by atoms with Gasteiger partial charge in [-0.25, -0.2) is 0 Å². The quantitative estimate of drug-likeness (QED) is 0.845. The van der Waals surface area contributed by atoms with Gasteiger partial charge in [-0.2, -0.15) is 0 Å². The smallest absolute Gasteiger partial charge is 0.0230 e. The molecule has 19 heavy (non-hydrogen) atoms. The predicted octanol–water partition coefficient (Wildman–Crippen LogP) is 3.07. The van der Waals surface area contributed by atoms with Gasteiger partial charge in [-0.3, -0.25) is 0 Å². The Morgan fingerprint density at radius 2 is 1.74 bits per heavy atom. The number of nitrogens with zero attached hydrogens (tertiary/aromatic N) is 1. The highest BCUT2D eigenvalue weighted by molar-refractivity contribution is 5.22. The Kier molecular flexibility index (Phi) is 5.87. The van der Waals surface area contributed by atoms with Gasteiger partial charge in [0.25, 0.3) is 0 Å². The number of rotatable bonds is 6. The van der Waals surface area contributed by atoms with Crippen molar-refractivity contribution in [2.24, 2.45) is 5.92 Å². The Hall–Kier alpha value is -0.860. The van der Waals surface area contributed by atoms with Gasteiger partial charge in [-0.05, 0) is 56.4 Å². The van der Waals surface area contributed by atoms with Gasteiger partial charge in [0.15, 0.2) is 0 Å².